The number of benzene rings is 2. The van der Waals surface area contributed by atoms with Crippen LogP contribution in [0.2, 0.25) is 0 Å². The summed E-state index contributed by atoms with van der Waals surface area (Å²) in [5.74, 6) is -0.240. The molecule has 2 aromatic rings. The number of amides is 2. The zero-order chi connectivity index (χ0) is 22.3. The molecule has 1 saturated heterocycles. The predicted molar refractivity (Wildman–Crippen MR) is 118 cm³/mol. The predicted octanol–water partition coefficient (Wildman–Crippen LogP) is 2.63. The van der Waals surface area contributed by atoms with Crippen LogP contribution in [0.5, 0.6) is 5.75 Å². The van der Waals surface area contributed by atoms with Gasteiger partial charge in [0, 0.05) is 25.3 Å². The van der Waals surface area contributed by atoms with Gasteiger partial charge in [-0.05, 0) is 56.2 Å². The largest absolute Gasteiger partial charge is 0.484 e. The third-order valence-electron chi connectivity index (χ3n) is 4.92. The molecule has 2 N–H and O–H groups in total. The number of hydrogen-bond acceptors (Lipinski definition) is 5. The Morgan fingerprint density at radius 3 is 2.35 bits per heavy atom. The number of rotatable bonds is 8. The van der Waals surface area contributed by atoms with Crippen molar-refractivity contribution in [1.82, 2.24) is 9.62 Å². The summed E-state index contributed by atoms with van der Waals surface area (Å²) < 4.78 is 33.0. The van der Waals surface area contributed by atoms with Crippen molar-refractivity contribution in [3.05, 3.63) is 54.1 Å². The zero-order valence-corrected chi connectivity index (χ0v) is 18.3. The SMILES string of the molecule is CCNC(=O)COc1ccc(NC(=O)c2ccccc2S(=O)(=O)N2CCCCC2)cc1. The van der Waals surface area contributed by atoms with Gasteiger partial charge in [0.05, 0.1) is 10.5 Å². The van der Waals surface area contributed by atoms with Crippen LogP contribution >= 0.6 is 0 Å². The molecular formula is C22H27N3O5S. The highest BCUT2D eigenvalue weighted by Crippen LogP contribution is 2.25. The molecule has 9 heteroatoms. The van der Waals surface area contributed by atoms with Crippen molar-refractivity contribution in [2.24, 2.45) is 0 Å². The summed E-state index contributed by atoms with van der Waals surface area (Å²) >= 11 is 0. The van der Waals surface area contributed by atoms with Crippen LogP contribution in [-0.2, 0) is 14.8 Å². The average Bonchev–Trinajstić information content (AvgIpc) is 2.79. The second kappa shape index (κ2) is 10.4. The third kappa shape index (κ3) is 5.83. The molecule has 0 aromatic heterocycles. The van der Waals surface area contributed by atoms with Crippen molar-refractivity contribution < 1.29 is 22.7 Å². The molecule has 2 amide bonds. The normalized spacial score (nSPS) is 14.6. The van der Waals surface area contributed by atoms with E-state index in [1.54, 1.807) is 36.4 Å². The first-order valence-corrected chi connectivity index (χ1v) is 11.8. The van der Waals surface area contributed by atoms with E-state index in [4.69, 9.17) is 4.74 Å². The van der Waals surface area contributed by atoms with Crippen molar-refractivity contribution in [3.63, 3.8) is 0 Å². The van der Waals surface area contributed by atoms with Crippen LogP contribution in [0.3, 0.4) is 0 Å². The highest BCUT2D eigenvalue weighted by molar-refractivity contribution is 7.89. The lowest BCUT2D eigenvalue weighted by molar-refractivity contribution is -0.122. The quantitative estimate of drug-likeness (QED) is 0.650. The van der Waals surface area contributed by atoms with Crippen LogP contribution in [-0.4, -0.2) is 50.8 Å². The average molecular weight is 446 g/mol. The summed E-state index contributed by atoms with van der Waals surface area (Å²) in [4.78, 5) is 24.3. The summed E-state index contributed by atoms with van der Waals surface area (Å²) in [6.07, 6.45) is 2.65. The molecule has 1 heterocycles. The van der Waals surface area contributed by atoms with Gasteiger partial charge in [-0.3, -0.25) is 9.59 Å². The highest BCUT2D eigenvalue weighted by Gasteiger charge is 2.29. The summed E-state index contributed by atoms with van der Waals surface area (Å²) in [7, 11) is -3.74. The molecule has 2 aromatic carbocycles. The summed E-state index contributed by atoms with van der Waals surface area (Å²) in [6, 6.07) is 12.8. The number of ether oxygens (including phenoxy) is 1. The van der Waals surface area contributed by atoms with Crippen LogP contribution in [0.15, 0.2) is 53.4 Å². The first-order valence-electron chi connectivity index (χ1n) is 10.3. The van der Waals surface area contributed by atoms with Crippen molar-refractivity contribution >= 4 is 27.5 Å². The maximum absolute atomic E-state index is 13.1. The minimum absolute atomic E-state index is 0.0105. The van der Waals surface area contributed by atoms with Crippen LogP contribution < -0.4 is 15.4 Å². The Labute approximate surface area is 182 Å². The molecule has 8 nitrogen and oxygen atoms in total. The maximum atomic E-state index is 13.1. The van der Waals surface area contributed by atoms with Crippen LogP contribution in [0.4, 0.5) is 5.69 Å². The second-order valence-corrected chi connectivity index (χ2v) is 9.09. The van der Waals surface area contributed by atoms with Gasteiger partial charge in [0.2, 0.25) is 10.0 Å². The molecule has 0 radical (unpaired) electrons. The molecule has 3 rings (SSSR count). The number of carbonyl (C=O) groups is 2. The molecule has 0 saturated carbocycles. The molecular weight excluding hydrogens is 418 g/mol. The van der Waals surface area contributed by atoms with Gasteiger partial charge in [-0.2, -0.15) is 4.31 Å². The minimum atomic E-state index is -3.74. The van der Waals surface area contributed by atoms with E-state index in [0.29, 0.717) is 31.1 Å². The molecule has 1 aliphatic heterocycles. The first-order chi connectivity index (χ1) is 14.9. The van der Waals surface area contributed by atoms with E-state index in [9.17, 15) is 18.0 Å². The molecule has 0 bridgehead atoms. The van der Waals surface area contributed by atoms with Gasteiger partial charge in [0.1, 0.15) is 5.75 Å². The number of carbonyl (C=O) groups excluding carboxylic acids is 2. The Bertz CT molecular complexity index is 1020. The maximum Gasteiger partial charge on any atom is 0.257 e. The van der Waals surface area contributed by atoms with E-state index in [2.05, 4.69) is 10.6 Å². The second-order valence-electron chi connectivity index (χ2n) is 7.18. The van der Waals surface area contributed by atoms with Gasteiger partial charge in [0.15, 0.2) is 6.61 Å². The zero-order valence-electron chi connectivity index (χ0n) is 17.5. The van der Waals surface area contributed by atoms with Gasteiger partial charge in [-0.1, -0.05) is 18.6 Å². The number of nitrogens with one attached hydrogen (secondary N) is 2. The van der Waals surface area contributed by atoms with E-state index >= 15 is 0 Å². The molecule has 0 unspecified atom stereocenters. The van der Waals surface area contributed by atoms with Gasteiger partial charge in [0.25, 0.3) is 11.8 Å². The minimum Gasteiger partial charge on any atom is -0.484 e. The van der Waals surface area contributed by atoms with E-state index in [-0.39, 0.29) is 23.0 Å². The van der Waals surface area contributed by atoms with E-state index in [1.165, 1.54) is 16.4 Å². The van der Waals surface area contributed by atoms with E-state index in [1.807, 2.05) is 6.92 Å². The van der Waals surface area contributed by atoms with E-state index in [0.717, 1.165) is 19.3 Å². The van der Waals surface area contributed by atoms with Crippen molar-refractivity contribution in [2.45, 2.75) is 31.1 Å². The van der Waals surface area contributed by atoms with Crippen molar-refractivity contribution in [1.29, 1.82) is 0 Å². The number of nitrogens with zero attached hydrogens (tertiary/aromatic N) is 1. The summed E-state index contributed by atoms with van der Waals surface area (Å²) in [6.45, 7) is 3.20. The fourth-order valence-corrected chi connectivity index (χ4v) is 5.06. The lowest BCUT2D eigenvalue weighted by atomic mass is 10.2. The smallest absolute Gasteiger partial charge is 0.257 e. The van der Waals surface area contributed by atoms with E-state index < -0.39 is 15.9 Å². The molecule has 1 aliphatic rings. The number of piperidine rings is 1. The Morgan fingerprint density at radius 2 is 1.68 bits per heavy atom. The lowest BCUT2D eigenvalue weighted by Gasteiger charge is -2.26. The Kier molecular flexibility index (Phi) is 7.64. The Hall–Kier alpha value is -2.91. The topological polar surface area (TPSA) is 105 Å². The molecule has 1 fully saturated rings. The molecule has 0 aliphatic carbocycles. The number of anilines is 1. The van der Waals surface area contributed by atoms with Crippen LogP contribution in [0, 0.1) is 0 Å². The highest BCUT2D eigenvalue weighted by atomic mass is 32.2. The van der Waals surface area contributed by atoms with Crippen molar-refractivity contribution in [2.75, 3.05) is 31.6 Å². The number of hydrogen-bond donors (Lipinski definition) is 2. The molecule has 166 valence electrons. The van der Waals surface area contributed by atoms with Crippen LogP contribution in [0.1, 0.15) is 36.5 Å². The fourth-order valence-electron chi connectivity index (χ4n) is 3.35. The number of likely N-dealkylation sites (N-methyl/N-ethyl adjacent to an activating group) is 1. The standard InChI is InChI=1S/C22H27N3O5S/c1-2-23-21(26)16-30-18-12-10-17(11-13-18)24-22(27)19-8-4-5-9-20(19)31(28,29)25-14-6-3-7-15-25/h4-5,8-13H,2-3,6-7,14-16H2,1H3,(H,23,26)(H,24,27). The van der Waals surface area contributed by atoms with Gasteiger partial charge in [-0.15, -0.1) is 0 Å². The van der Waals surface area contributed by atoms with Gasteiger partial charge < -0.3 is 15.4 Å². The monoisotopic (exact) mass is 445 g/mol. The first kappa shape index (κ1) is 22.8. The number of sulfonamides is 1. The third-order valence-corrected chi connectivity index (χ3v) is 6.88. The summed E-state index contributed by atoms with van der Waals surface area (Å²) in [5, 5.41) is 5.37. The van der Waals surface area contributed by atoms with Crippen molar-refractivity contribution in [3.8, 4) is 5.75 Å². The lowest BCUT2D eigenvalue weighted by Crippen LogP contribution is -2.36. The Balaban J connectivity index is 1.70. The summed E-state index contributed by atoms with van der Waals surface area (Å²) in [5.41, 5.74) is 0.588. The van der Waals surface area contributed by atoms with Crippen LogP contribution in [0.25, 0.3) is 0 Å². The molecule has 0 spiro atoms. The fraction of sp³-hybridized carbons (Fsp3) is 0.364. The van der Waals surface area contributed by atoms with Gasteiger partial charge >= 0.3 is 0 Å². The Morgan fingerprint density at radius 1 is 1.00 bits per heavy atom. The molecule has 31 heavy (non-hydrogen) atoms. The van der Waals surface area contributed by atoms with Gasteiger partial charge in [-0.25, -0.2) is 8.42 Å². The molecule has 0 atom stereocenters.